The number of hydrogen-bond acceptors (Lipinski definition) is 5. The van der Waals surface area contributed by atoms with Gasteiger partial charge in [0.05, 0.1) is 16.8 Å². The highest BCUT2D eigenvalue weighted by molar-refractivity contribution is 6.05. The number of anilines is 1. The van der Waals surface area contributed by atoms with Gasteiger partial charge >= 0.3 is 6.09 Å². The van der Waals surface area contributed by atoms with Crippen LogP contribution in [0, 0.1) is 0 Å². The van der Waals surface area contributed by atoms with Crippen molar-refractivity contribution in [1.82, 2.24) is 15.3 Å². The number of amides is 2. The molecule has 0 saturated heterocycles. The second kappa shape index (κ2) is 9.26. The van der Waals surface area contributed by atoms with Gasteiger partial charge in [-0.15, -0.1) is 0 Å². The van der Waals surface area contributed by atoms with E-state index in [2.05, 4.69) is 20.6 Å². The molecule has 0 radical (unpaired) electrons. The highest BCUT2D eigenvalue weighted by Crippen LogP contribution is 2.25. The number of nitrogens with one attached hydrogen (secondary N) is 2. The predicted octanol–water partition coefficient (Wildman–Crippen LogP) is 5.05. The first-order chi connectivity index (χ1) is 15.5. The van der Waals surface area contributed by atoms with Crippen LogP contribution in [0.2, 0.25) is 0 Å². The van der Waals surface area contributed by atoms with Crippen molar-refractivity contribution in [3.05, 3.63) is 84.6 Å². The highest BCUT2D eigenvalue weighted by Gasteiger charge is 2.16. The van der Waals surface area contributed by atoms with Gasteiger partial charge in [0, 0.05) is 23.5 Å². The molecular weight excluding hydrogens is 404 g/mol. The third-order valence-corrected chi connectivity index (χ3v) is 4.61. The van der Waals surface area contributed by atoms with E-state index in [1.165, 1.54) is 0 Å². The minimum absolute atomic E-state index is 0.00104. The summed E-state index contributed by atoms with van der Waals surface area (Å²) in [5.41, 5.74) is 3.67. The maximum Gasteiger partial charge on any atom is 0.417 e. The number of carbonyl (C=O) groups excluding carboxylic acids is 2. The smallest absolute Gasteiger partial charge is 0.410 e. The molecule has 7 heteroatoms. The van der Waals surface area contributed by atoms with Crippen molar-refractivity contribution in [1.29, 1.82) is 0 Å². The van der Waals surface area contributed by atoms with Crippen molar-refractivity contribution in [2.75, 3.05) is 5.32 Å². The highest BCUT2D eigenvalue weighted by atomic mass is 16.6. The molecule has 0 fully saturated rings. The number of hydrogen-bond donors (Lipinski definition) is 2. The van der Waals surface area contributed by atoms with Gasteiger partial charge in [0.2, 0.25) is 0 Å². The third kappa shape index (κ3) is 4.89. The average Bonchev–Trinajstić information content (AvgIpc) is 2.79. The molecule has 160 valence electrons. The van der Waals surface area contributed by atoms with Gasteiger partial charge in [0.1, 0.15) is 11.3 Å². The van der Waals surface area contributed by atoms with Crippen molar-refractivity contribution in [2.24, 2.45) is 0 Å². The first kappa shape index (κ1) is 21.0. The number of pyridine rings is 2. The molecule has 2 aromatic carbocycles. The number of aromatic nitrogens is 2. The first-order valence-electron chi connectivity index (χ1n) is 10.2. The lowest BCUT2D eigenvalue weighted by molar-refractivity contribution is 0.0944. The molecule has 32 heavy (non-hydrogen) atoms. The Labute approximate surface area is 185 Å². The molecule has 2 N–H and O–H groups in total. The molecule has 7 nitrogen and oxygen atoms in total. The third-order valence-electron chi connectivity index (χ3n) is 4.61. The van der Waals surface area contributed by atoms with E-state index >= 15 is 0 Å². The Kier molecular flexibility index (Phi) is 6.07. The minimum Gasteiger partial charge on any atom is -0.410 e. The summed E-state index contributed by atoms with van der Waals surface area (Å²) in [5, 5.41) is 5.61. The summed E-state index contributed by atoms with van der Waals surface area (Å²) in [5.74, 6) is 0.261. The molecule has 0 aliphatic heterocycles. The van der Waals surface area contributed by atoms with Gasteiger partial charge < -0.3 is 10.1 Å². The van der Waals surface area contributed by atoms with Gasteiger partial charge in [-0.05, 0) is 56.3 Å². The number of carbonyl (C=O) groups is 2. The summed E-state index contributed by atoms with van der Waals surface area (Å²) in [6.07, 6.45) is 1.07. The van der Waals surface area contributed by atoms with Gasteiger partial charge in [-0.3, -0.25) is 15.1 Å². The Bertz CT molecular complexity index is 1260. The molecule has 2 aromatic heterocycles. The molecule has 0 spiro atoms. The van der Waals surface area contributed by atoms with Gasteiger partial charge in [-0.2, -0.15) is 0 Å². The van der Waals surface area contributed by atoms with Crippen LogP contribution in [0.3, 0.4) is 0 Å². The van der Waals surface area contributed by atoms with Gasteiger partial charge in [-0.1, -0.05) is 30.3 Å². The number of rotatable bonds is 5. The van der Waals surface area contributed by atoms with Gasteiger partial charge in [0.15, 0.2) is 0 Å². The largest absolute Gasteiger partial charge is 0.417 e. The molecule has 0 aliphatic carbocycles. The fourth-order valence-corrected chi connectivity index (χ4v) is 3.19. The van der Waals surface area contributed by atoms with Crippen molar-refractivity contribution in [2.45, 2.75) is 19.9 Å². The zero-order valence-corrected chi connectivity index (χ0v) is 17.7. The van der Waals surface area contributed by atoms with E-state index < -0.39 is 6.09 Å². The zero-order valence-electron chi connectivity index (χ0n) is 17.7. The Morgan fingerprint density at radius 1 is 0.938 bits per heavy atom. The van der Waals surface area contributed by atoms with Crippen LogP contribution in [-0.2, 0) is 0 Å². The molecule has 0 saturated carbocycles. The maximum absolute atomic E-state index is 12.7. The standard InChI is InChI=1S/C25H22N4O3/c1-16(2)27-24(30)20-15-22(29-21-9-6-14-26-23(20)21)17-10-12-18(13-11-17)28-25(31)32-19-7-4-3-5-8-19/h3-16H,1-2H3,(H,27,30)(H,28,31). The number of ether oxygens (including phenoxy) is 1. The zero-order chi connectivity index (χ0) is 22.5. The average molecular weight is 426 g/mol. The van der Waals surface area contributed by atoms with Crippen LogP contribution >= 0.6 is 0 Å². The second-order valence-corrected chi connectivity index (χ2v) is 7.46. The summed E-state index contributed by atoms with van der Waals surface area (Å²) in [6, 6.07) is 21.3. The molecule has 4 rings (SSSR count). The fourth-order valence-electron chi connectivity index (χ4n) is 3.19. The first-order valence-corrected chi connectivity index (χ1v) is 10.2. The van der Waals surface area contributed by atoms with E-state index in [0.717, 1.165) is 5.56 Å². The number of para-hydroxylation sites is 1. The monoisotopic (exact) mass is 426 g/mol. The van der Waals surface area contributed by atoms with E-state index in [1.807, 2.05) is 38.1 Å². The minimum atomic E-state index is -0.577. The van der Waals surface area contributed by atoms with Crippen molar-refractivity contribution < 1.29 is 14.3 Å². The van der Waals surface area contributed by atoms with Crippen LogP contribution < -0.4 is 15.4 Å². The molecule has 2 heterocycles. The van der Waals surface area contributed by atoms with Gasteiger partial charge in [-0.25, -0.2) is 9.78 Å². The second-order valence-electron chi connectivity index (χ2n) is 7.46. The molecule has 2 amide bonds. The van der Waals surface area contributed by atoms with Crippen LogP contribution in [0.1, 0.15) is 24.2 Å². The van der Waals surface area contributed by atoms with Crippen LogP contribution in [-0.4, -0.2) is 28.0 Å². The van der Waals surface area contributed by atoms with Crippen molar-refractivity contribution in [3.63, 3.8) is 0 Å². The SMILES string of the molecule is CC(C)NC(=O)c1cc(-c2ccc(NC(=O)Oc3ccccc3)cc2)nc2cccnc12. The lowest BCUT2D eigenvalue weighted by Gasteiger charge is -2.12. The summed E-state index contributed by atoms with van der Waals surface area (Å²) in [6.45, 7) is 3.81. The normalized spacial score (nSPS) is 10.7. The predicted molar refractivity (Wildman–Crippen MR) is 124 cm³/mol. The maximum atomic E-state index is 12.7. The van der Waals surface area contributed by atoms with Gasteiger partial charge in [0.25, 0.3) is 5.91 Å². The van der Waals surface area contributed by atoms with E-state index in [4.69, 9.17) is 4.74 Å². The lowest BCUT2D eigenvalue weighted by atomic mass is 10.1. The van der Waals surface area contributed by atoms with E-state index in [1.54, 1.807) is 54.7 Å². The quantitative estimate of drug-likeness (QED) is 0.466. The lowest BCUT2D eigenvalue weighted by Crippen LogP contribution is -2.30. The van der Waals surface area contributed by atoms with E-state index in [-0.39, 0.29) is 11.9 Å². The molecule has 4 aromatic rings. The number of nitrogens with zero attached hydrogens (tertiary/aromatic N) is 2. The summed E-state index contributed by atoms with van der Waals surface area (Å²) in [4.78, 5) is 33.8. The number of benzene rings is 2. The van der Waals surface area contributed by atoms with E-state index in [0.29, 0.717) is 33.7 Å². The Hall–Kier alpha value is -4.26. The Balaban J connectivity index is 1.57. The molecular formula is C25H22N4O3. The van der Waals surface area contributed by atoms with Crippen LogP contribution in [0.15, 0.2) is 79.0 Å². The number of fused-ring (bicyclic) bond motifs is 1. The molecule has 0 bridgehead atoms. The van der Waals surface area contributed by atoms with Crippen LogP contribution in [0.25, 0.3) is 22.3 Å². The molecule has 0 aliphatic rings. The molecule has 0 unspecified atom stereocenters. The fraction of sp³-hybridized carbons (Fsp3) is 0.120. The summed E-state index contributed by atoms with van der Waals surface area (Å²) >= 11 is 0. The Morgan fingerprint density at radius 2 is 1.69 bits per heavy atom. The van der Waals surface area contributed by atoms with Crippen LogP contribution in [0.4, 0.5) is 10.5 Å². The van der Waals surface area contributed by atoms with E-state index in [9.17, 15) is 9.59 Å². The summed E-state index contributed by atoms with van der Waals surface area (Å²) < 4.78 is 5.24. The topological polar surface area (TPSA) is 93.2 Å². The Morgan fingerprint density at radius 3 is 2.41 bits per heavy atom. The summed E-state index contributed by atoms with van der Waals surface area (Å²) in [7, 11) is 0. The molecule has 0 atom stereocenters. The van der Waals surface area contributed by atoms with Crippen molar-refractivity contribution in [3.8, 4) is 17.0 Å². The van der Waals surface area contributed by atoms with Crippen LogP contribution in [0.5, 0.6) is 5.75 Å². The van der Waals surface area contributed by atoms with Crippen molar-refractivity contribution >= 4 is 28.7 Å².